The minimum absolute atomic E-state index is 0.359. The van der Waals surface area contributed by atoms with Crippen molar-refractivity contribution in [1.82, 2.24) is 0 Å². The minimum Gasteiger partial charge on any atom is -0.352 e. The first kappa shape index (κ1) is 11.2. The molecule has 0 saturated carbocycles. The SMILES string of the molecule is ClC1(Cl)CCOC1(Cl)OC1CCCO1. The molecule has 2 atom stereocenters. The number of rotatable bonds is 2. The third-order valence-electron chi connectivity index (χ3n) is 2.31. The van der Waals surface area contributed by atoms with Crippen molar-refractivity contribution in [1.29, 1.82) is 0 Å². The quantitative estimate of drug-likeness (QED) is 0.715. The van der Waals surface area contributed by atoms with E-state index < -0.39 is 9.58 Å². The normalized spacial score (nSPS) is 41.8. The number of hydrogen-bond donors (Lipinski definition) is 0. The summed E-state index contributed by atoms with van der Waals surface area (Å²) in [6, 6.07) is 0. The van der Waals surface area contributed by atoms with Gasteiger partial charge in [-0.2, -0.15) is 0 Å². The van der Waals surface area contributed by atoms with Crippen LogP contribution in [-0.2, 0) is 14.2 Å². The molecule has 3 nitrogen and oxygen atoms in total. The van der Waals surface area contributed by atoms with Gasteiger partial charge in [0.15, 0.2) is 10.6 Å². The van der Waals surface area contributed by atoms with Gasteiger partial charge in [0.1, 0.15) is 0 Å². The highest BCUT2D eigenvalue weighted by molar-refractivity contribution is 6.53. The lowest BCUT2D eigenvalue weighted by Gasteiger charge is -2.31. The Morgan fingerprint density at radius 2 is 2.00 bits per heavy atom. The van der Waals surface area contributed by atoms with Crippen molar-refractivity contribution in [2.24, 2.45) is 0 Å². The molecular weight excluding hydrogens is 250 g/mol. The maximum absolute atomic E-state index is 6.05. The molecule has 2 rings (SSSR count). The zero-order valence-corrected chi connectivity index (χ0v) is 9.74. The van der Waals surface area contributed by atoms with E-state index in [0.717, 1.165) is 12.8 Å². The predicted molar refractivity (Wildman–Crippen MR) is 53.6 cm³/mol. The average molecular weight is 262 g/mol. The molecule has 6 heteroatoms. The van der Waals surface area contributed by atoms with Crippen LogP contribution in [0.4, 0.5) is 0 Å². The minimum atomic E-state index is -1.47. The van der Waals surface area contributed by atoms with E-state index in [2.05, 4.69) is 0 Å². The van der Waals surface area contributed by atoms with Gasteiger partial charge in [-0.05, 0) is 6.42 Å². The van der Waals surface area contributed by atoms with Crippen LogP contribution in [0.1, 0.15) is 19.3 Å². The molecule has 0 amide bonds. The van der Waals surface area contributed by atoms with E-state index in [1.807, 2.05) is 0 Å². The standard InChI is InChI=1S/C8H11Cl3O3/c9-7(10)3-5-13-8(7,11)14-6-2-1-4-12-6/h6H,1-5H2. The number of alkyl halides is 3. The van der Waals surface area contributed by atoms with E-state index in [0.29, 0.717) is 19.6 Å². The molecule has 0 radical (unpaired) electrons. The lowest BCUT2D eigenvalue weighted by molar-refractivity contribution is -0.241. The Morgan fingerprint density at radius 3 is 2.50 bits per heavy atom. The van der Waals surface area contributed by atoms with Crippen molar-refractivity contribution < 1.29 is 14.2 Å². The fourth-order valence-corrected chi connectivity index (χ4v) is 2.12. The van der Waals surface area contributed by atoms with Gasteiger partial charge in [0, 0.05) is 19.4 Å². The van der Waals surface area contributed by atoms with Gasteiger partial charge < -0.3 is 14.2 Å². The summed E-state index contributed by atoms with van der Waals surface area (Å²) < 4.78 is 14.7. The first-order chi connectivity index (χ1) is 6.54. The van der Waals surface area contributed by atoms with Crippen molar-refractivity contribution in [2.45, 2.75) is 35.1 Å². The summed E-state index contributed by atoms with van der Waals surface area (Å²) in [4.78, 5) is 0. The van der Waals surface area contributed by atoms with Crippen LogP contribution in [0, 0.1) is 0 Å². The summed E-state index contributed by atoms with van der Waals surface area (Å²) in [6.07, 6.45) is 1.84. The second-order valence-electron chi connectivity index (χ2n) is 3.40. The fourth-order valence-electron chi connectivity index (χ4n) is 1.50. The van der Waals surface area contributed by atoms with E-state index >= 15 is 0 Å². The highest BCUT2D eigenvalue weighted by Gasteiger charge is 2.57. The van der Waals surface area contributed by atoms with Crippen LogP contribution < -0.4 is 0 Å². The van der Waals surface area contributed by atoms with Crippen molar-refractivity contribution >= 4 is 34.8 Å². The van der Waals surface area contributed by atoms with Crippen LogP contribution >= 0.6 is 34.8 Å². The summed E-state index contributed by atoms with van der Waals surface area (Å²) in [5.74, 6) is 0. The van der Waals surface area contributed by atoms with E-state index in [9.17, 15) is 0 Å². The van der Waals surface area contributed by atoms with Gasteiger partial charge in [-0.3, -0.25) is 0 Å². The first-order valence-electron chi connectivity index (χ1n) is 4.54. The van der Waals surface area contributed by atoms with E-state index in [1.165, 1.54) is 0 Å². The molecule has 2 heterocycles. The van der Waals surface area contributed by atoms with Gasteiger partial charge in [-0.15, -0.1) is 0 Å². The van der Waals surface area contributed by atoms with Crippen LogP contribution in [0.25, 0.3) is 0 Å². The molecule has 0 N–H and O–H groups in total. The van der Waals surface area contributed by atoms with Gasteiger partial charge in [-0.1, -0.05) is 34.8 Å². The Bertz CT molecular complexity index is 218. The third kappa shape index (κ3) is 1.99. The molecule has 0 spiro atoms. The zero-order valence-electron chi connectivity index (χ0n) is 7.47. The Labute approximate surface area is 97.5 Å². The number of ether oxygens (including phenoxy) is 3. The molecule has 0 bridgehead atoms. The third-order valence-corrected chi connectivity index (χ3v) is 3.90. The molecule has 2 aliphatic heterocycles. The Balaban J connectivity index is 2.00. The monoisotopic (exact) mass is 260 g/mol. The first-order valence-corrected chi connectivity index (χ1v) is 5.67. The Kier molecular flexibility index (Phi) is 3.18. The highest BCUT2D eigenvalue weighted by Crippen LogP contribution is 2.49. The van der Waals surface area contributed by atoms with Gasteiger partial charge in [-0.25, -0.2) is 0 Å². The van der Waals surface area contributed by atoms with Crippen LogP contribution in [0.3, 0.4) is 0 Å². The van der Waals surface area contributed by atoms with Crippen molar-refractivity contribution in [2.75, 3.05) is 13.2 Å². The molecule has 0 aliphatic carbocycles. The molecule has 82 valence electrons. The maximum atomic E-state index is 6.05. The molecule has 2 saturated heterocycles. The van der Waals surface area contributed by atoms with Gasteiger partial charge in [0.05, 0.1) is 6.61 Å². The second-order valence-corrected chi connectivity index (χ2v) is 5.38. The van der Waals surface area contributed by atoms with E-state index in [1.54, 1.807) is 0 Å². The maximum Gasteiger partial charge on any atom is 0.285 e. The van der Waals surface area contributed by atoms with E-state index in [-0.39, 0.29) is 6.29 Å². The molecule has 0 aromatic carbocycles. The molecular formula is C8H11Cl3O3. The predicted octanol–water partition coefficient (Wildman–Crippen LogP) is 2.63. The largest absolute Gasteiger partial charge is 0.352 e. The van der Waals surface area contributed by atoms with Crippen LogP contribution in [0.15, 0.2) is 0 Å². The molecule has 2 unspecified atom stereocenters. The van der Waals surface area contributed by atoms with Crippen LogP contribution in [0.2, 0.25) is 0 Å². The molecule has 2 fully saturated rings. The molecule has 2 aliphatic rings. The highest BCUT2D eigenvalue weighted by atomic mass is 35.5. The molecule has 14 heavy (non-hydrogen) atoms. The fraction of sp³-hybridized carbons (Fsp3) is 1.00. The summed E-state index contributed by atoms with van der Waals surface area (Å²) in [5, 5.41) is -1.47. The summed E-state index contributed by atoms with van der Waals surface area (Å²) in [6.45, 7) is 1.07. The smallest absolute Gasteiger partial charge is 0.285 e. The summed E-state index contributed by atoms with van der Waals surface area (Å²) in [5.41, 5.74) is 0. The summed E-state index contributed by atoms with van der Waals surface area (Å²) in [7, 11) is 0. The summed E-state index contributed by atoms with van der Waals surface area (Å²) >= 11 is 18.0. The molecule has 0 aromatic heterocycles. The van der Waals surface area contributed by atoms with Gasteiger partial charge in [0.25, 0.3) is 5.25 Å². The average Bonchev–Trinajstić information content (AvgIpc) is 2.63. The van der Waals surface area contributed by atoms with Gasteiger partial charge >= 0.3 is 0 Å². The van der Waals surface area contributed by atoms with Crippen LogP contribution in [-0.4, -0.2) is 29.1 Å². The Morgan fingerprint density at radius 1 is 1.21 bits per heavy atom. The van der Waals surface area contributed by atoms with E-state index in [4.69, 9.17) is 49.0 Å². The lowest BCUT2D eigenvalue weighted by Crippen LogP contribution is -2.43. The van der Waals surface area contributed by atoms with Crippen molar-refractivity contribution in [3.05, 3.63) is 0 Å². The van der Waals surface area contributed by atoms with Crippen molar-refractivity contribution in [3.63, 3.8) is 0 Å². The number of hydrogen-bond acceptors (Lipinski definition) is 3. The lowest BCUT2D eigenvalue weighted by atomic mass is 10.3. The van der Waals surface area contributed by atoms with Gasteiger partial charge in [0.2, 0.25) is 0 Å². The van der Waals surface area contributed by atoms with Crippen LogP contribution in [0.5, 0.6) is 0 Å². The second kappa shape index (κ2) is 3.96. The zero-order chi connectivity index (χ0) is 10.2. The molecule has 0 aromatic rings. The van der Waals surface area contributed by atoms with Crippen molar-refractivity contribution in [3.8, 4) is 0 Å². The Hall–Kier alpha value is 0.750. The topological polar surface area (TPSA) is 27.7 Å². The number of halogens is 3.